The van der Waals surface area contributed by atoms with Gasteiger partial charge in [0.15, 0.2) is 0 Å². The second-order valence-corrected chi connectivity index (χ2v) is 6.85. The van der Waals surface area contributed by atoms with Gasteiger partial charge in [0.25, 0.3) is 0 Å². The number of hydrogen-bond acceptors (Lipinski definition) is 5. The van der Waals surface area contributed by atoms with E-state index < -0.39 is 0 Å². The maximum atomic E-state index is 12.0. The Morgan fingerprint density at radius 1 is 1.36 bits per heavy atom. The monoisotopic (exact) mass is 322 g/mol. The Balaban J connectivity index is 1.65. The third-order valence-corrected chi connectivity index (χ3v) is 5.08. The zero-order chi connectivity index (χ0) is 15.4. The lowest BCUT2D eigenvalue weighted by molar-refractivity contribution is 0.154. The molecule has 22 heavy (non-hydrogen) atoms. The largest absolute Gasteiger partial charge is 0.497 e. The van der Waals surface area contributed by atoms with Gasteiger partial charge in [-0.15, -0.1) is 0 Å². The third kappa shape index (κ3) is 3.67. The number of amides is 1. The summed E-state index contributed by atoms with van der Waals surface area (Å²) in [5.74, 6) is 3.17. The molecule has 0 aliphatic carbocycles. The number of benzene rings is 1. The van der Waals surface area contributed by atoms with Gasteiger partial charge in [-0.3, -0.25) is 9.80 Å². The van der Waals surface area contributed by atoms with Gasteiger partial charge in [0.05, 0.1) is 13.2 Å². The lowest BCUT2D eigenvalue weighted by Gasteiger charge is -2.31. The highest BCUT2D eigenvalue weighted by atomic mass is 32.2. The Hall–Kier alpha value is -1.40. The van der Waals surface area contributed by atoms with E-state index in [-0.39, 0.29) is 12.1 Å². The minimum Gasteiger partial charge on any atom is -0.497 e. The van der Waals surface area contributed by atoms with Crippen LogP contribution in [0, 0.1) is 0 Å². The van der Waals surface area contributed by atoms with Gasteiger partial charge in [0, 0.05) is 37.7 Å². The van der Waals surface area contributed by atoms with Crippen molar-refractivity contribution in [3.63, 3.8) is 0 Å². The van der Waals surface area contributed by atoms with E-state index in [1.54, 1.807) is 7.11 Å². The van der Waals surface area contributed by atoms with Crippen LogP contribution in [0.25, 0.3) is 0 Å². The van der Waals surface area contributed by atoms with E-state index in [1.165, 1.54) is 11.5 Å². The number of methoxy groups -OCH3 is 1. The van der Waals surface area contributed by atoms with Crippen LogP contribution in [0.2, 0.25) is 0 Å². The second kappa shape index (κ2) is 7.24. The Morgan fingerprint density at radius 2 is 2.18 bits per heavy atom. The molecule has 2 fully saturated rings. The minimum atomic E-state index is -0.209. The predicted octanol–water partition coefficient (Wildman–Crippen LogP) is 2.06. The van der Waals surface area contributed by atoms with Crippen molar-refractivity contribution >= 4 is 17.9 Å². The number of cyclic esters (lactones) is 1. The zero-order valence-corrected chi connectivity index (χ0v) is 13.7. The first-order valence-electron chi connectivity index (χ1n) is 7.62. The fourth-order valence-electron chi connectivity index (χ4n) is 2.88. The fraction of sp³-hybridized carbons (Fsp3) is 0.562. The SMILES string of the molecule is COc1cccc(CN2C(=O)OCC2CN2CCSCC2)c1. The van der Waals surface area contributed by atoms with E-state index in [1.807, 2.05) is 40.9 Å². The molecule has 2 aliphatic rings. The van der Waals surface area contributed by atoms with Crippen molar-refractivity contribution in [3.8, 4) is 5.75 Å². The quantitative estimate of drug-likeness (QED) is 0.830. The number of carbonyl (C=O) groups excluding carboxylic acids is 1. The van der Waals surface area contributed by atoms with Crippen molar-refractivity contribution in [2.45, 2.75) is 12.6 Å². The maximum absolute atomic E-state index is 12.0. The number of rotatable bonds is 5. The van der Waals surface area contributed by atoms with Gasteiger partial charge in [-0.2, -0.15) is 11.8 Å². The van der Waals surface area contributed by atoms with Crippen molar-refractivity contribution in [3.05, 3.63) is 29.8 Å². The zero-order valence-electron chi connectivity index (χ0n) is 12.9. The fourth-order valence-corrected chi connectivity index (χ4v) is 3.86. The highest BCUT2D eigenvalue weighted by Crippen LogP contribution is 2.21. The summed E-state index contributed by atoms with van der Waals surface area (Å²) in [4.78, 5) is 16.3. The Labute approximate surface area is 135 Å². The minimum absolute atomic E-state index is 0.141. The maximum Gasteiger partial charge on any atom is 0.410 e. The number of nitrogens with zero attached hydrogens (tertiary/aromatic N) is 2. The van der Waals surface area contributed by atoms with E-state index >= 15 is 0 Å². The summed E-state index contributed by atoms with van der Waals surface area (Å²) in [6.07, 6.45) is -0.209. The number of carbonyl (C=O) groups is 1. The average Bonchev–Trinajstić information content (AvgIpc) is 2.89. The third-order valence-electron chi connectivity index (χ3n) is 4.13. The lowest BCUT2D eigenvalue weighted by Crippen LogP contribution is -2.45. The molecule has 1 atom stereocenters. The summed E-state index contributed by atoms with van der Waals surface area (Å²) in [5.41, 5.74) is 1.07. The van der Waals surface area contributed by atoms with Gasteiger partial charge in [-0.05, 0) is 17.7 Å². The van der Waals surface area contributed by atoms with Crippen molar-refractivity contribution in [2.75, 3.05) is 44.9 Å². The van der Waals surface area contributed by atoms with Gasteiger partial charge in [-0.25, -0.2) is 4.79 Å². The average molecular weight is 322 g/mol. The van der Waals surface area contributed by atoms with Crippen molar-refractivity contribution < 1.29 is 14.3 Å². The van der Waals surface area contributed by atoms with Crippen LogP contribution < -0.4 is 4.74 Å². The van der Waals surface area contributed by atoms with Crippen LogP contribution in [0.3, 0.4) is 0 Å². The van der Waals surface area contributed by atoms with Gasteiger partial charge < -0.3 is 9.47 Å². The molecule has 0 N–H and O–H groups in total. The smallest absolute Gasteiger partial charge is 0.410 e. The molecule has 0 bridgehead atoms. The summed E-state index contributed by atoms with van der Waals surface area (Å²) < 4.78 is 10.5. The van der Waals surface area contributed by atoms with E-state index in [4.69, 9.17) is 9.47 Å². The topological polar surface area (TPSA) is 42.0 Å². The molecular weight excluding hydrogens is 300 g/mol. The second-order valence-electron chi connectivity index (χ2n) is 5.62. The molecule has 0 spiro atoms. The molecule has 0 saturated carbocycles. The van der Waals surface area contributed by atoms with E-state index in [0.29, 0.717) is 13.2 Å². The van der Waals surface area contributed by atoms with E-state index in [0.717, 1.165) is 30.9 Å². The van der Waals surface area contributed by atoms with Crippen LogP contribution in [0.1, 0.15) is 5.56 Å². The molecule has 1 aromatic rings. The summed E-state index contributed by atoms with van der Waals surface area (Å²) in [7, 11) is 1.65. The molecule has 1 aromatic carbocycles. The molecule has 0 radical (unpaired) electrons. The van der Waals surface area contributed by atoms with Crippen LogP contribution in [-0.2, 0) is 11.3 Å². The van der Waals surface area contributed by atoms with Crippen LogP contribution in [0.15, 0.2) is 24.3 Å². The van der Waals surface area contributed by atoms with Crippen LogP contribution in [0.4, 0.5) is 4.79 Å². The first-order valence-corrected chi connectivity index (χ1v) is 8.78. The van der Waals surface area contributed by atoms with Gasteiger partial charge in [0.1, 0.15) is 12.4 Å². The highest BCUT2D eigenvalue weighted by Gasteiger charge is 2.34. The summed E-state index contributed by atoms with van der Waals surface area (Å²) in [5, 5.41) is 0. The van der Waals surface area contributed by atoms with Gasteiger partial charge in [-0.1, -0.05) is 12.1 Å². The molecule has 0 aromatic heterocycles. The normalized spacial score (nSPS) is 22.7. The van der Waals surface area contributed by atoms with Crippen molar-refractivity contribution in [1.29, 1.82) is 0 Å². The Morgan fingerprint density at radius 3 is 2.95 bits per heavy atom. The molecule has 5 nitrogen and oxygen atoms in total. The molecule has 3 rings (SSSR count). The van der Waals surface area contributed by atoms with Gasteiger partial charge >= 0.3 is 6.09 Å². The van der Waals surface area contributed by atoms with Crippen molar-refractivity contribution in [1.82, 2.24) is 9.80 Å². The molecule has 1 amide bonds. The molecular formula is C16H22N2O3S. The molecule has 2 aliphatic heterocycles. The van der Waals surface area contributed by atoms with Gasteiger partial charge in [0.2, 0.25) is 0 Å². The number of hydrogen-bond donors (Lipinski definition) is 0. The Kier molecular flexibility index (Phi) is 5.10. The molecule has 2 heterocycles. The molecule has 2 saturated heterocycles. The van der Waals surface area contributed by atoms with Crippen LogP contribution in [0.5, 0.6) is 5.75 Å². The predicted molar refractivity (Wildman–Crippen MR) is 87.4 cm³/mol. The molecule has 1 unspecified atom stereocenters. The first kappa shape index (κ1) is 15.5. The lowest BCUT2D eigenvalue weighted by atomic mass is 10.1. The highest BCUT2D eigenvalue weighted by molar-refractivity contribution is 7.99. The summed E-state index contributed by atoms with van der Waals surface area (Å²) >= 11 is 2.00. The summed E-state index contributed by atoms with van der Waals surface area (Å²) in [6, 6.07) is 7.99. The standard InChI is InChI=1S/C16H22N2O3S/c1-20-15-4-2-3-13(9-15)10-18-14(12-21-16(18)19)11-17-5-7-22-8-6-17/h2-4,9,14H,5-8,10-12H2,1H3. The number of ether oxygens (including phenoxy) is 2. The molecule has 120 valence electrons. The van der Waals surface area contributed by atoms with E-state index in [9.17, 15) is 4.79 Å². The Bertz CT molecular complexity index is 520. The van der Waals surface area contributed by atoms with Crippen LogP contribution in [-0.4, -0.2) is 66.8 Å². The van der Waals surface area contributed by atoms with E-state index in [2.05, 4.69) is 4.90 Å². The van der Waals surface area contributed by atoms with Crippen molar-refractivity contribution in [2.24, 2.45) is 0 Å². The number of thioether (sulfide) groups is 1. The van der Waals surface area contributed by atoms with Crippen LogP contribution >= 0.6 is 11.8 Å². The molecule has 6 heteroatoms. The first-order chi connectivity index (χ1) is 10.8. The summed E-state index contributed by atoms with van der Waals surface area (Å²) in [6.45, 7) is 4.16.